The van der Waals surface area contributed by atoms with Crippen LogP contribution in [-0.4, -0.2) is 33.3 Å². The molecule has 0 saturated heterocycles. The van der Waals surface area contributed by atoms with Crippen molar-refractivity contribution in [2.24, 2.45) is 0 Å². The van der Waals surface area contributed by atoms with E-state index in [1.54, 1.807) is 45.0 Å². The van der Waals surface area contributed by atoms with Crippen LogP contribution in [0.25, 0.3) is 11.4 Å². The molecule has 9 nitrogen and oxygen atoms in total. The van der Waals surface area contributed by atoms with Gasteiger partial charge in [-0.05, 0) is 26.3 Å². The molecule has 0 bridgehead atoms. The van der Waals surface area contributed by atoms with Gasteiger partial charge in [0, 0.05) is 11.6 Å². The highest BCUT2D eigenvalue weighted by Gasteiger charge is 2.24. The summed E-state index contributed by atoms with van der Waals surface area (Å²) in [7, 11) is 0. The largest absolute Gasteiger partial charge is 0.482 e. The highest BCUT2D eigenvalue weighted by Crippen LogP contribution is 2.18. The molecule has 152 valence electrons. The van der Waals surface area contributed by atoms with Gasteiger partial charge in [0.05, 0.1) is 18.4 Å². The number of aromatic nitrogens is 2. The van der Waals surface area contributed by atoms with E-state index in [1.165, 1.54) is 12.3 Å². The fourth-order valence-corrected chi connectivity index (χ4v) is 2.41. The van der Waals surface area contributed by atoms with E-state index in [2.05, 4.69) is 15.5 Å². The standard InChI is InChI=1S/C20H21N3O6/c1-12-16(15(25)8-9-27-12)28-10-13-4-6-14(7-5-13)17-21-19(29-23-17)18(26)22-20(2,3)11-24/h4-9,24H,10-11H2,1-3H3,(H,22,26). The normalized spacial score (nSPS) is 11.3. The Morgan fingerprint density at radius 3 is 2.62 bits per heavy atom. The predicted octanol–water partition coefficient (Wildman–Crippen LogP) is 2.08. The van der Waals surface area contributed by atoms with E-state index in [0.717, 1.165) is 5.56 Å². The summed E-state index contributed by atoms with van der Waals surface area (Å²) in [5.74, 6) is 0.0846. The molecule has 0 fully saturated rings. The van der Waals surface area contributed by atoms with Crippen molar-refractivity contribution in [3.8, 4) is 17.1 Å². The minimum atomic E-state index is -0.804. The lowest BCUT2D eigenvalue weighted by Crippen LogP contribution is -2.46. The maximum Gasteiger partial charge on any atom is 0.316 e. The number of aryl methyl sites for hydroxylation is 1. The van der Waals surface area contributed by atoms with Gasteiger partial charge < -0.3 is 24.1 Å². The van der Waals surface area contributed by atoms with Crippen molar-refractivity contribution >= 4 is 5.91 Å². The Bertz CT molecular complexity index is 1050. The number of benzene rings is 1. The molecule has 0 atom stereocenters. The highest BCUT2D eigenvalue weighted by atomic mass is 16.5. The topological polar surface area (TPSA) is 128 Å². The molecule has 0 aliphatic carbocycles. The number of hydrogen-bond acceptors (Lipinski definition) is 8. The van der Waals surface area contributed by atoms with Crippen LogP contribution in [0.15, 0.2) is 50.3 Å². The number of amides is 1. The Labute approximate surface area is 166 Å². The Morgan fingerprint density at radius 2 is 1.97 bits per heavy atom. The van der Waals surface area contributed by atoms with E-state index in [-0.39, 0.29) is 36.1 Å². The lowest BCUT2D eigenvalue weighted by molar-refractivity contribution is 0.0825. The van der Waals surface area contributed by atoms with Crippen LogP contribution >= 0.6 is 0 Å². The van der Waals surface area contributed by atoms with Crippen molar-refractivity contribution in [1.29, 1.82) is 0 Å². The third-order valence-electron chi connectivity index (χ3n) is 4.07. The SMILES string of the molecule is Cc1occc(=O)c1OCc1ccc(-c2noc(C(=O)NC(C)(C)CO)n2)cc1. The summed E-state index contributed by atoms with van der Waals surface area (Å²) in [4.78, 5) is 28.0. The van der Waals surface area contributed by atoms with Crippen LogP contribution in [0.3, 0.4) is 0 Å². The van der Waals surface area contributed by atoms with E-state index in [0.29, 0.717) is 11.3 Å². The molecule has 0 radical (unpaired) electrons. The number of nitrogens with one attached hydrogen (secondary N) is 1. The van der Waals surface area contributed by atoms with Gasteiger partial charge in [-0.1, -0.05) is 29.4 Å². The molecule has 3 aromatic rings. The fraction of sp³-hybridized carbons (Fsp3) is 0.300. The minimum absolute atomic E-state index is 0.177. The molecular formula is C20H21N3O6. The van der Waals surface area contributed by atoms with Crippen molar-refractivity contribution in [2.45, 2.75) is 32.9 Å². The summed E-state index contributed by atoms with van der Waals surface area (Å²) in [5, 5.41) is 15.6. The smallest absolute Gasteiger partial charge is 0.316 e. The number of nitrogens with zero attached hydrogens (tertiary/aromatic N) is 2. The van der Waals surface area contributed by atoms with E-state index in [9.17, 15) is 14.7 Å². The molecule has 1 amide bonds. The summed E-state index contributed by atoms with van der Waals surface area (Å²) < 4.78 is 15.7. The Balaban J connectivity index is 1.67. The van der Waals surface area contributed by atoms with E-state index >= 15 is 0 Å². The van der Waals surface area contributed by atoms with Crippen molar-refractivity contribution < 1.29 is 23.6 Å². The molecule has 1 aromatic carbocycles. The fourth-order valence-electron chi connectivity index (χ4n) is 2.41. The highest BCUT2D eigenvalue weighted by molar-refractivity contribution is 5.90. The van der Waals surface area contributed by atoms with E-state index in [4.69, 9.17) is 13.7 Å². The van der Waals surface area contributed by atoms with E-state index in [1.807, 2.05) is 0 Å². The second-order valence-corrected chi connectivity index (χ2v) is 7.08. The lowest BCUT2D eigenvalue weighted by atomic mass is 10.1. The Morgan fingerprint density at radius 1 is 1.24 bits per heavy atom. The molecule has 2 aromatic heterocycles. The number of carbonyl (C=O) groups excluding carboxylic acids is 1. The summed E-state index contributed by atoms with van der Waals surface area (Å²) >= 11 is 0. The van der Waals surface area contributed by atoms with Crippen molar-refractivity contribution in [3.63, 3.8) is 0 Å². The van der Waals surface area contributed by atoms with Crippen LogP contribution in [-0.2, 0) is 6.61 Å². The zero-order chi connectivity index (χ0) is 21.0. The summed E-state index contributed by atoms with van der Waals surface area (Å²) in [6.45, 7) is 4.96. The van der Waals surface area contributed by atoms with Crippen LogP contribution in [0, 0.1) is 6.92 Å². The van der Waals surface area contributed by atoms with Crippen LogP contribution in [0.1, 0.15) is 35.9 Å². The summed E-state index contributed by atoms with van der Waals surface area (Å²) in [6, 6.07) is 8.39. The number of hydrogen-bond donors (Lipinski definition) is 2. The number of aliphatic hydroxyl groups is 1. The van der Waals surface area contributed by atoms with Gasteiger partial charge in [-0.2, -0.15) is 4.98 Å². The van der Waals surface area contributed by atoms with Gasteiger partial charge in [0.15, 0.2) is 0 Å². The van der Waals surface area contributed by atoms with Gasteiger partial charge in [-0.15, -0.1) is 0 Å². The molecule has 0 saturated carbocycles. The monoisotopic (exact) mass is 399 g/mol. The number of rotatable bonds is 7. The predicted molar refractivity (Wildman–Crippen MR) is 102 cm³/mol. The molecule has 0 aliphatic heterocycles. The Kier molecular flexibility index (Phi) is 5.79. The molecule has 0 aliphatic rings. The van der Waals surface area contributed by atoms with Crippen molar-refractivity contribution in [2.75, 3.05) is 6.61 Å². The van der Waals surface area contributed by atoms with Gasteiger partial charge in [-0.3, -0.25) is 9.59 Å². The first-order valence-corrected chi connectivity index (χ1v) is 8.87. The minimum Gasteiger partial charge on any atom is -0.482 e. The molecule has 29 heavy (non-hydrogen) atoms. The maximum atomic E-state index is 12.1. The first kappa shape index (κ1) is 20.3. The summed E-state index contributed by atoms with van der Waals surface area (Å²) in [6.07, 6.45) is 1.32. The molecule has 0 unspecified atom stereocenters. The molecule has 3 rings (SSSR count). The van der Waals surface area contributed by atoms with Crippen molar-refractivity contribution in [1.82, 2.24) is 15.5 Å². The van der Waals surface area contributed by atoms with Gasteiger partial charge in [0.2, 0.25) is 17.0 Å². The zero-order valence-corrected chi connectivity index (χ0v) is 16.3. The molecule has 2 heterocycles. The lowest BCUT2D eigenvalue weighted by Gasteiger charge is -2.21. The van der Waals surface area contributed by atoms with Gasteiger partial charge >= 0.3 is 11.8 Å². The average molecular weight is 399 g/mol. The first-order chi connectivity index (χ1) is 13.8. The maximum absolute atomic E-state index is 12.1. The molecule has 0 spiro atoms. The number of carbonyl (C=O) groups is 1. The molecular weight excluding hydrogens is 378 g/mol. The third kappa shape index (κ3) is 4.88. The second kappa shape index (κ2) is 8.27. The van der Waals surface area contributed by atoms with Crippen LogP contribution in [0.2, 0.25) is 0 Å². The van der Waals surface area contributed by atoms with Crippen LogP contribution in [0.4, 0.5) is 0 Å². The van der Waals surface area contributed by atoms with Gasteiger partial charge in [-0.25, -0.2) is 0 Å². The Hall–Kier alpha value is -3.46. The van der Waals surface area contributed by atoms with Gasteiger partial charge in [0.1, 0.15) is 12.4 Å². The molecule has 2 N–H and O–H groups in total. The van der Waals surface area contributed by atoms with Crippen molar-refractivity contribution in [3.05, 3.63) is 64.0 Å². The number of aliphatic hydroxyl groups excluding tert-OH is 1. The van der Waals surface area contributed by atoms with Crippen LogP contribution in [0.5, 0.6) is 5.75 Å². The molecule has 9 heteroatoms. The van der Waals surface area contributed by atoms with Gasteiger partial charge in [0.25, 0.3) is 0 Å². The first-order valence-electron chi connectivity index (χ1n) is 8.87. The average Bonchev–Trinajstić information content (AvgIpc) is 3.18. The quantitative estimate of drug-likeness (QED) is 0.618. The zero-order valence-electron chi connectivity index (χ0n) is 16.3. The second-order valence-electron chi connectivity index (χ2n) is 7.08. The number of ether oxygens (including phenoxy) is 1. The van der Waals surface area contributed by atoms with Crippen LogP contribution < -0.4 is 15.5 Å². The summed E-state index contributed by atoms with van der Waals surface area (Å²) in [5.41, 5.74) is 0.421. The van der Waals surface area contributed by atoms with E-state index < -0.39 is 11.4 Å². The third-order valence-corrected chi connectivity index (χ3v) is 4.07.